The van der Waals surface area contributed by atoms with Gasteiger partial charge in [0.2, 0.25) is 11.4 Å². The lowest BCUT2D eigenvalue weighted by Crippen LogP contribution is -2.42. The van der Waals surface area contributed by atoms with E-state index in [4.69, 9.17) is 5.73 Å². The molecule has 7 heteroatoms. The lowest BCUT2D eigenvalue weighted by molar-refractivity contribution is -0.412. The Hall–Kier alpha value is -3.22. The Morgan fingerprint density at radius 3 is 2.09 bits per heavy atom. The van der Waals surface area contributed by atoms with Crippen molar-refractivity contribution < 1.29 is 19.1 Å². The number of nitrogens with zero attached hydrogens (tertiary/aromatic N) is 2. The Bertz CT molecular complexity index is 851. The quantitative estimate of drug-likeness (QED) is 0.375. The summed E-state index contributed by atoms with van der Waals surface area (Å²) in [6.45, 7) is 6.41. The minimum absolute atomic E-state index is 0.119. The fourth-order valence-electron chi connectivity index (χ4n) is 3.11. The first-order valence-electron chi connectivity index (χ1n) is 6.79. The van der Waals surface area contributed by atoms with Gasteiger partial charge in [-0.25, -0.2) is 0 Å². The molecule has 7 nitrogen and oxygen atoms in total. The van der Waals surface area contributed by atoms with E-state index in [1.54, 1.807) is 18.2 Å². The van der Waals surface area contributed by atoms with E-state index in [1.807, 2.05) is 0 Å². The molecule has 0 aliphatic heterocycles. The van der Waals surface area contributed by atoms with Gasteiger partial charge in [0.15, 0.2) is 17.3 Å². The zero-order chi connectivity index (χ0) is 16.9. The topological polar surface area (TPSA) is 112 Å². The van der Waals surface area contributed by atoms with Gasteiger partial charge >= 0.3 is 0 Å². The zero-order valence-corrected chi connectivity index (χ0v) is 12.1. The van der Waals surface area contributed by atoms with E-state index in [2.05, 4.69) is 13.4 Å². The maximum atomic E-state index is 12.8. The molecule has 3 rings (SSSR count). The number of nitrogens with two attached hydrogens (primary N) is 1. The lowest BCUT2D eigenvalue weighted by Gasteiger charge is -2.31. The molecular weight excluding hydrogens is 298 g/mol. The van der Waals surface area contributed by atoms with Crippen LogP contribution >= 0.6 is 0 Å². The van der Waals surface area contributed by atoms with E-state index in [-0.39, 0.29) is 43.5 Å². The van der Waals surface area contributed by atoms with Crippen molar-refractivity contribution in [3.05, 3.63) is 69.0 Å². The molecule has 1 aromatic rings. The van der Waals surface area contributed by atoms with Gasteiger partial charge in [-0.05, 0) is 0 Å². The average molecular weight is 311 g/mol. The molecule has 116 valence electrons. The Morgan fingerprint density at radius 2 is 1.57 bits per heavy atom. The first kappa shape index (κ1) is 14.7. The first-order valence-corrected chi connectivity index (χ1v) is 6.79. The fourth-order valence-corrected chi connectivity index (χ4v) is 3.11. The van der Waals surface area contributed by atoms with Crippen LogP contribution in [0.3, 0.4) is 0 Å². The van der Waals surface area contributed by atoms with Gasteiger partial charge in [-0.1, -0.05) is 24.3 Å². The summed E-state index contributed by atoms with van der Waals surface area (Å²) >= 11 is 0. The van der Waals surface area contributed by atoms with Crippen LogP contribution in [0.15, 0.2) is 47.4 Å². The van der Waals surface area contributed by atoms with E-state index in [0.717, 1.165) is 0 Å². The average Bonchev–Trinajstić information content (AvgIpc) is 2.51. The van der Waals surface area contributed by atoms with Crippen molar-refractivity contribution in [2.75, 3.05) is 0 Å². The number of hydroxylamine groups is 2. The summed E-state index contributed by atoms with van der Waals surface area (Å²) in [5.41, 5.74) is 5.84. The predicted octanol–water partition coefficient (Wildman–Crippen LogP) is 0.788. The molecule has 2 aliphatic carbocycles. The number of carbonyl (C=O) groups is 2. The van der Waals surface area contributed by atoms with Gasteiger partial charge in [0.25, 0.3) is 0 Å². The van der Waals surface area contributed by atoms with Crippen molar-refractivity contribution >= 4 is 25.0 Å². The van der Waals surface area contributed by atoms with Gasteiger partial charge in [0.05, 0.1) is 5.92 Å². The maximum absolute atomic E-state index is 12.8. The van der Waals surface area contributed by atoms with Crippen molar-refractivity contribution in [2.24, 2.45) is 17.6 Å². The first-order chi connectivity index (χ1) is 10.8. The summed E-state index contributed by atoms with van der Waals surface area (Å²) in [4.78, 5) is 25.5. The second kappa shape index (κ2) is 4.91. The highest BCUT2D eigenvalue weighted by Crippen LogP contribution is 2.40. The minimum atomic E-state index is -1.09. The molecule has 0 bridgehead atoms. The van der Waals surface area contributed by atoms with Crippen LogP contribution in [0, 0.1) is 22.3 Å². The highest BCUT2D eigenvalue weighted by Gasteiger charge is 2.50. The van der Waals surface area contributed by atoms with Gasteiger partial charge in [-0.2, -0.15) is 9.48 Å². The third-order valence-corrected chi connectivity index (χ3v) is 4.12. The molecule has 0 saturated heterocycles. The third kappa shape index (κ3) is 1.97. The van der Waals surface area contributed by atoms with Gasteiger partial charge in [-0.3, -0.25) is 9.59 Å². The van der Waals surface area contributed by atoms with Crippen LogP contribution in [0.25, 0.3) is 0 Å². The second-order valence-electron chi connectivity index (χ2n) is 5.39. The number of fused-ring (bicyclic) bond motifs is 2. The SMILES string of the molecule is C=[N+]([O-])C1=CC2C(=O)c3ccccc3C(=O)C2C([N+](=C)[O-])=C1N. The number of benzene rings is 1. The van der Waals surface area contributed by atoms with Gasteiger partial charge in [-0.15, -0.1) is 0 Å². The Kier molecular flexibility index (Phi) is 3.14. The minimum Gasteiger partial charge on any atom is -0.619 e. The largest absolute Gasteiger partial charge is 0.619 e. The molecule has 2 atom stereocenters. The number of allylic oxidation sites excluding steroid dienone is 2. The van der Waals surface area contributed by atoms with E-state index >= 15 is 0 Å². The van der Waals surface area contributed by atoms with E-state index in [1.165, 1.54) is 12.1 Å². The normalized spacial score (nSPS) is 23.0. The van der Waals surface area contributed by atoms with Crippen molar-refractivity contribution in [1.29, 1.82) is 0 Å². The highest BCUT2D eigenvalue weighted by atomic mass is 16.5. The number of hydrogen-bond donors (Lipinski definition) is 1. The van der Waals surface area contributed by atoms with E-state index in [0.29, 0.717) is 0 Å². The molecule has 23 heavy (non-hydrogen) atoms. The third-order valence-electron chi connectivity index (χ3n) is 4.12. The molecule has 2 N–H and O–H groups in total. The Labute approximate surface area is 131 Å². The molecule has 0 radical (unpaired) electrons. The van der Waals surface area contributed by atoms with Crippen LogP contribution in [0.2, 0.25) is 0 Å². The summed E-state index contributed by atoms with van der Waals surface area (Å²) in [6, 6.07) is 6.35. The number of hydrogen-bond acceptors (Lipinski definition) is 5. The van der Waals surface area contributed by atoms with E-state index < -0.39 is 17.6 Å². The van der Waals surface area contributed by atoms with Crippen molar-refractivity contribution in [1.82, 2.24) is 0 Å². The summed E-state index contributed by atoms with van der Waals surface area (Å²) in [7, 11) is 0. The lowest BCUT2D eigenvalue weighted by atomic mass is 9.70. The van der Waals surface area contributed by atoms with E-state index in [9.17, 15) is 20.0 Å². The van der Waals surface area contributed by atoms with Crippen molar-refractivity contribution in [3.63, 3.8) is 0 Å². The molecule has 2 unspecified atom stereocenters. The molecule has 2 aliphatic rings. The summed E-state index contributed by atoms with van der Waals surface area (Å²) in [5, 5.41) is 23.4. The van der Waals surface area contributed by atoms with Crippen molar-refractivity contribution in [2.45, 2.75) is 0 Å². The molecule has 1 aromatic carbocycles. The van der Waals surface area contributed by atoms with Crippen LogP contribution in [0.4, 0.5) is 0 Å². The molecule has 0 saturated carbocycles. The van der Waals surface area contributed by atoms with Gasteiger partial charge in [0.1, 0.15) is 19.4 Å². The van der Waals surface area contributed by atoms with Crippen LogP contribution in [0.1, 0.15) is 20.7 Å². The maximum Gasteiger partial charge on any atom is 0.242 e. The van der Waals surface area contributed by atoms with Crippen LogP contribution in [-0.4, -0.2) is 34.5 Å². The molecule has 0 fully saturated rings. The number of rotatable bonds is 2. The van der Waals surface area contributed by atoms with Crippen LogP contribution in [0.5, 0.6) is 0 Å². The number of Topliss-reactive ketones (excluding diaryl/α,β-unsaturated/α-hetero) is 2. The molecule has 0 amide bonds. The zero-order valence-electron chi connectivity index (χ0n) is 12.1. The predicted molar refractivity (Wildman–Crippen MR) is 82.9 cm³/mol. The van der Waals surface area contributed by atoms with Gasteiger partial charge in [0, 0.05) is 17.2 Å². The Balaban J connectivity index is 2.29. The standard InChI is InChI=1S/C16H13N3O4/c1-18(22)11-7-10-12(14(13(11)17)19(2)23)16(21)9-6-4-3-5-8(9)15(10)20/h3-7,10,12H,1-2,17H2. The number of carbonyl (C=O) groups excluding carboxylic acids is 2. The molecule has 0 spiro atoms. The highest BCUT2D eigenvalue weighted by molar-refractivity contribution is 6.17. The van der Waals surface area contributed by atoms with Crippen LogP contribution in [-0.2, 0) is 0 Å². The smallest absolute Gasteiger partial charge is 0.242 e. The fraction of sp³-hybridized carbons (Fsp3) is 0.125. The summed E-state index contributed by atoms with van der Waals surface area (Å²) in [5.74, 6) is -2.82. The summed E-state index contributed by atoms with van der Waals surface area (Å²) < 4.78 is 0.399. The van der Waals surface area contributed by atoms with Crippen molar-refractivity contribution in [3.8, 4) is 0 Å². The second-order valence-corrected chi connectivity index (χ2v) is 5.39. The molecule has 0 heterocycles. The summed E-state index contributed by atoms with van der Waals surface area (Å²) in [6.07, 6.45) is 1.29. The van der Waals surface area contributed by atoms with Crippen LogP contribution < -0.4 is 5.73 Å². The van der Waals surface area contributed by atoms with Gasteiger partial charge < -0.3 is 16.1 Å². The molecular formula is C16H13N3O4. The monoisotopic (exact) mass is 311 g/mol. The number of ketones is 2. The molecule has 0 aromatic heterocycles. The Morgan fingerprint density at radius 1 is 1.00 bits per heavy atom.